The SMILES string of the molecule is CC1(C)c2ccccc2-c2c1ccc1c2Oc2c(cccc2-c2cccc(-c3cc(-c4ccc(-c5ccccc5)c5ccccc45)cc(-c4ccccc4)n3)c2)O1. The van der Waals surface area contributed by atoms with E-state index in [0.717, 1.165) is 62.0 Å². The van der Waals surface area contributed by atoms with Gasteiger partial charge in [-0.3, -0.25) is 0 Å². The summed E-state index contributed by atoms with van der Waals surface area (Å²) in [5, 5.41) is 2.42. The molecule has 2 aliphatic rings. The first-order chi connectivity index (χ1) is 28.0. The van der Waals surface area contributed by atoms with Gasteiger partial charge in [0.05, 0.1) is 11.4 Å². The summed E-state index contributed by atoms with van der Waals surface area (Å²) in [6.07, 6.45) is 0. The smallest absolute Gasteiger partial charge is 0.178 e. The number of fused-ring (bicyclic) bond motifs is 7. The number of rotatable bonds is 5. The van der Waals surface area contributed by atoms with Gasteiger partial charge in [0.2, 0.25) is 0 Å². The Morgan fingerprint density at radius 1 is 0.368 bits per heavy atom. The molecule has 0 saturated carbocycles. The first-order valence-electron chi connectivity index (χ1n) is 19.5. The topological polar surface area (TPSA) is 31.4 Å². The highest BCUT2D eigenvalue weighted by atomic mass is 16.6. The van der Waals surface area contributed by atoms with Crippen molar-refractivity contribution >= 4 is 10.8 Å². The Morgan fingerprint density at radius 2 is 0.947 bits per heavy atom. The van der Waals surface area contributed by atoms with Gasteiger partial charge in [-0.2, -0.15) is 0 Å². The summed E-state index contributed by atoms with van der Waals surface area (Å²) in [4.78, 5) is 5.31. The number of hydrogen-bond acceptors (Lipinski definition) is 3. The average Bonchev–Trinajstić information content (AvgIpc) is 3.51. The van der Waals surface area contributed by atoms with Crippen molar-refractivity contribution in [3.8, 4) is 90.0 Å². The minimum atomic E-state index is -0.144. The first-order valence-corrected chi connectivity index (χ1v) is 19.5. The number of nitrogens with zero attached hydrogens (tertiary/aromatic N) is 1. The monoisotopic (exact) mass is 731 g/mol. The zero-order chi connectivity index (χ0) is 38.1. The molecule has 0 N–H and O–H groups in total. The predicted molar refractivity (Wildman–Crippen MR) is 233 cm³/mol. The van der Waals surface area contributed by atoms with E-state index in [1.165, 1.54) is 44.2 Å². The molecule has 0 radical (unpaired) electrons. The van der Waals surface area contributed by atoms with Gasteiger partial charge in [0.1, 0.15) is 0 Å². The van der Waals surface area contributed by atoms with Crippen molar-refractivity contribution < 1.29 is 9.47 Å². The number of benzene rings is 8. The normalized spacial score (nSPS) is 13.2. The highest BCUT2D eigenvalue weighted by Crippen LogP contribution is 2.59. The maximum Gasteiger partial charge on any atom is 0.178 e. The van der Waals surface area contributed by atoms with Crippen LogP contribution in [0.2, 0.25) is 0 Å². The number of pyridine rings is 1. The quantitative estimate of drug-likeness (QED) is 0.177. The van der Waals surface area contributed by atoms with Crippen LogP contribution in [0.5, 0.6) is 23.0 Å². The van der Waals surface area contributed by atoms with Crippen LogP contribution >= 0.6 is 0 Å². The molecule has 0 amide bonds. The van der Waals surface area contributed by atoms with Crippen molar-refractivity contribution in [3.63, 3.8) is 0 Å². The molecule has 0 atom stereocenters. The van der Waals surface area contributed by atoms with Gasteiger partial charge in [0, 0.05) is 27.7 Å². The fourth-order valence-electron chi connectivity index (χ4n) is 8.93. The van der Waals surface area contributed by atoms with E-state index < -0.39 is 0 Å². The highest BCUT2D eigenvalue weighted by molar-refractivity contribution is 6.05. The Morgan fingerprint density at radius 3 is 1.72 bits per heavy atom. The molecule has 0 bridgehead atoms. The van der Waals surface area contributed by atoms with Gasteiger partial charge in [0.15, 0.2) is 23.0 Å². The first kappa shape index (κ1) is 33.1. The lowest BCUT2D eigenvalue weighted by atomic mass is 9.82. The molecule has 1 aromatic heterocycles. The van der Waals surface area contributed by atoms with Gasteiger partial charge >= 0.3 is 0 Å². The van der Waals surface area contributed by atoms with E-state index in [9.17, 15) is 0 Å². The van der Waals surface area contributed by atoms with E-state index in [2.05, 4.69) is 184 Å². The molecule has 1 aliphatic heterocycles. The van der Waals surface area contributed by atoms with E-state index in [4.69, 9.17) is 14.5 Å². The van der Waals surface area contributed by atoms with Crippen molar-refractivity contribution in [2.24, 2.45) is 0 Å². The van der Waals surface area contributed by atoms with Crippen LogP contribution in [0, 0.1) is 0 Å². The number of hydrogen-bond donors (Lipinski definition) is 0. The molecule has 11 rings (SSSR count). The van der Waals surface area contributed by atoms with E-state index in [1.54, 1.807) is 0 Å². The summed E-state index contributed by atoms with van der Waals surface area (Å²) in [6, 6.07) is 66.4. The second-order valence-electron chi connectivity index (χ2n) is 15.5. The molecule has 3 heteroatoms. The predicted octanol–water partition coefficient (Wildman–Crippen LogP) is 14.8. The molecular formula is C54H37NO2. The van der Waals surface area contributed by atoms with Crippen molar-refractivity contribution in [1.82, 2.24) is 4.98 Å². The second kappa shape index (κ2) is 12.9. The van der Waals surface area contributed by atoms with E-state index in [1.807, 2.05) is 18.2 Å². The van der Waals surface area contributed by atoms with Crippen LogP contribution in [0.25, 0.3) is 77.8 Å². The number of para-hydroxylation sites is 1. The lowest BCUT2D eigenvalue weighted by Gasteiger charge is -2.26. The van der Waals surface area contributed by atoms with Gasteiger partial charge in [0.25, 0.3) is 0 Å². The largest absolute Gasteiger partial charge is 0.449 e. The fourth-order valence-corrected chi connectivity index (χ4v) is 8.93. The lowest BCUT2D eigenvalue weighted by molar-refractivity contribution is 0.361. The molecule has 3 nitrogen and oxygen atoms in total. The number of aromatic nitrogens is 1. The van der Waals surface area contributed by atoms with Crippen LogP contribution in [0.15, 0.2) is 188 Å². The summed E-state index contributed by atoms with van der Waals surface area (Å²) in [7, 11) is 0. The third kappa shape index (κ3) is 5.38. The van der Waals surface area contributed by atoms with Crippen LogP contribution in [-0.4, -0.2) is 4.98 Å². The van der Waals surface area contributed by atoms with Crippen LogP contribution in [-0.2, 0) is 5.41 Å². The van der Waals surface area contributed by atoms with Crippen LogP contribution in [0.4, 0.5) is 0 Å². The third-order valence-corrected chi connectivity index (χ3v) is 11.8. The molecular weight excluding hydrogens is 695 g/mol. The minimum Gasteiger partial charge on any atom is -0.449 e. The standard InChI is InChI=1S/C54H37NO2/c1-54(2)45-25-12-11-23-44(45)51-46(54)29-30-50-53(51)57-52-41(24-14-26-49(52)56-50)36-19-13-20-37(31-36)48-33-38(32-47(55-48)35-17-7-4-8-18-35)40-28-27-39(34-15-5-3-6-16-34)42-21-9-10-22-43(40)42/h3-33H,1-2H3. The van der Waals surface area contributed by atoms with Gasteiger partial charge in [-0.15, -0.1) is 0 Å². The summed E-state index contributed by atoms with van der Waals surface area (Å²) < 4.78 is 13.6. The molecule has 270 valence electrons. The highest BCUT2D eigenvalue weighted by Gasteiger charge is 2.39. The van der Waals surface area contributed by atoms with Crippen molar-refractivity contribution in [2.45, 2.75) is 19.3 Å². The molecule has 0 fully saturated rings. The van der Waals surface area contributed by atoms with Gasteiger partial charge in [-0.1, -0.05) is 172 Å². The van der Waals surface area contributed by atoms with Crippen molar-refractivity contribution in [1.29, 1.82) is 0 Å². The van der Waals surface area contributed by atoms with Gasteiger partial charge in [-0.05, 0) is 85.6 Å². The minimum absolute atomic E-state index is 0.144. The summed E-state index contributed by atoms with van der Waals surface area (Å²) in [5.74, 6) is 2.93. The zero-order valence-electron chi connectivity index (χ0n) is 31.7. The van der Waals surface area contributed by atoms with E-state index in [0.29, 0.717) is 5.75 Å². The number of ether oxygens (including phenoxy) is 2. The average molecular weight is 732 g/mol. The Kier molecular flexibility index (Phi) is 7.52. The maximum atomic E-state index is 7.00. The van der Waals surface area contributed by atoms with E-state index in [-0.39, 0.29) is 5.41 Å². The zero-order valence-corrected chi connectivity index (χ0v) is 31.7. The van der Waals surface area contributed by atoms with Gasteiger partial charge in [-0.25, -0.2) is 4.98 Å². The summed E-state index contributed by atoms with van der Waals surface area (Å²) in [5.41, 5.74) is 15.3. The summed E-state index contributed by atoms with van der Waals surface area (Å²) >= 11 is 0. The Balaban J connectivity index is 1.04. The third-order valence-electron chi connectivity index (χ3n) is 11.8. The fraction of sp³-hybridized carbons (Fsp3) is 0.0556. The Labute approximate surface area is 332 Å². The summed E-state index contributed by atoms with van der Waals surface area (Å²) in [6.45, 7) is 4.57. The molecule has 0 saturated heterocycles. The Bertz CT molecular complexity index is 3040. The van der Waals surface area contributed by atoms with Crippen molar-refractivity contribution in [2.75, 3.05) is 0 Å². The lowest BCUT2D eigenvalue weighted by Crippen LogP contribution is -2.15. The van der Waals surface area contributed by atoms with Crippen LogP contribution < -0.4 is 9.47 Å². The molecule has 57 heavy (non-hydrogen) atoms. The van der Waals surface area contributed by atoms with E-state index >= 15 is 0 Å². The van der Waals surface area contributed by atoms with Crippen molar-refractivity contribution in [3.05, 3.63) is 199 Å². The van der Waals surface area contributed by atoms with Crippen LogP contribution in [0.1, 0.15) is 25.0 Å². The molecule has 9 aromatic rings. The molecule has 1 aliphatic carbocycles. The Hall–Kier alpha value is -7.23. The maximum absolute atomic E-state index is 7.00. The molecule has 0 unspecified atom stereocenters. The van der Waals surface area contributed by atoms with Crippen LogP contribution in [0.3, 0.4) is 0 Å². The second-order valence-corrected chi connectivity index (χ2v) is 15.5. The van der Waals surface area contributed by atoms with Gasteiger partial charge < -0.3 is 9.47 Å². The molecule has 0 spiro atoms. The molecule has 8 aromatic carbocycles. The molecule has 2 heterocycles.